The van der Waals surface area contributed by atoms with Crippen LogP contribution in [0.5, 0.6) is 0 Å². The average Bonchev–Trinajstić information content (AvgIpc) is 1.88. The van der Waals surface area contributed by atoms with Gasteiger partial charge in [-0.3, -0.25) is 0 Å². The van der Waals surface area contributed by atoms with Gasteiger partial charge in [0.05, 0.1) is 18.3 Å². The molecule has 0 aromatic carbocycles. The molecule has 2 N–H and O–H groups in total. The standard InChI is InChI=1S/C7H15NO2/c1-5-3-8-4-7(10-5)6(2)9/h5-9H,3-4H2,1-2H3/t5-,6?,7-/m1/s1. The van der Waals surface area contributed by atoms with Gasteiger partial charge in [-0.2, -0.15) is 0 Å². The van der Waals surface area contributed by atoms with E-state index in [0.717, 1.165) is 13.1 Å². The Morgan fingerprint density at radius 1 is 1.60 bits per heavy atom. The molecule has 0 aromatic heterocycles. The minimum absolute atomic E-state index is 0.0243. The summed E-state index contributed by atoms with van der Waals surface area (Å²) in [6.07, 6.45) is -0.160. The second-order valence-electron chi connectivity index (χ2n) is 2.88. The smallest absolute Gasteiger partial charge is 0.0959 e. The lowest BCUT2D eigenvalue weighted by Crippen LogP contribution is -2.47. The van der Waals surface area contributed by atoms with Crippen molar-refractivity contribution in [2.75, 3.05) is 13.1 Å². The van der Waals surface area contributed by atoms with Crippen LogP contribution in [0, 0.1) is 0 Å². The van der Waals surface area contributed by atoms with E-state index in [0.29, 0.717) is 0 Å². The van der Waals surface area contributed by atoms with Crippen molar-refractivity contribution in [3.05, 3.63) is 0 Å². The van der Waals surface area contributed by atoms with E-state index in [1.165, 1.54) is 0 Å². The van der Waals surface area contributed by atoms with Crippen LogP contribution in [0.25, 0.3) is 0 Å². The molecule has 0 radical (unpaired) electrons. The number of hydrogen-bond donors (Lipinski definition) is 2. The Bertz CT molecular complexity index is 106. The lowest BCUT2D eigenvalue weighted by molar-refractivity contribution is -0.0821. The first-order chi connectivity index (χ1) is 4.70. The largest absolute Gasteiger partial charge is 0.391 e. The van der Waals surface area contributed by atoms with Gasteiger partial charge >= 0.3 is 0 Å². The first-order valence-corrected chi connectivity index (χ1v) is 3.74. The normalized spacial score (nSPS) is 37.5. The fourth-order valence-corrected chi connectivity index (χ4v) is 1.11. The zero-order valence-corrected chi connectivity index (χ0v) is 6.50. The van der Waals surface area contributed by atoms with Crippen molar-refractivity contribution in [3.63, 3.8) is 0 Å². The van der Waals surface area contributed by atoms with E-state index in [-0.39, 0.29) is 18.3 Å². The highest BCUT2D eigenvalue weighted by Gasteiger charge is 2.22. The lowest BCUT2D eigenvalue weighted by atomic mass is 10.2. The Labute approximate surface area is 61.4 Å². The molecule has 10 heavy (non-hydrogen) atoms. The molecule has 3 atom stereocenters. The highest BCUT2D eigenvalue weighted by atomic mass is 16.5. The van der Waals surface area contributed by atoms with E-state index in [1.807, 2.05) is 6.92 Å². The molecule has 3 heteroatoms. The fraction of sp³-hybridized carbons (Fsp3) is 1.00. The molecule has 0 aliphatic carbocycles. The molecule has 0 amide bonds. The average molecular weight is 145 g/mol. The third-order valence-electron chi connectivity index (χ3n) is 1.72. The van der Waals surface area contributed by atoms with Gasteiger partial charge in [0, 0.05) is 13.1 Å². The number of aliphatic hydroxyl groups is 1. The first kappa shape index (κ1) is 7.98. The number of hydrogen-bond acceptors (Lipinski definition) is 3. The molecule has 0 saturated carbocycles. The van der Waals surface area contributed by atoms with Gasteiger partial charge in [-0.15, -0.1) is 0 Å². The van der Waals surface area contributed by atoms with Gasteiger partial charge in [-0.25, -0.2) is 0 Å². The summed E-state index contributed by atoms with van der Waals surface area (Å²) in [5.41, 5.74) is 0. The SMILES string of the molecule is CC(O)[C@H]1CNC[C@@H](C)O1. The molecule has 0 spiro atoms. The fourth-order valence-electron chi connectivity index (χ4n) is 1.11. The third-order valence-corrected chi connectivity index (χ3v) is 1.72. The maximum Gasteiger partial charge on any atom is 0.0959 e. The van der Waals surface area contributed by atoms with Crippen LogP contribution in [0.4, 0.5) is 0 Å². The lowest BCUT2D eigenvalue weighted by Gasteiger charge is -2.30. The summed E-state index contributed by atoms with van der Waals surface area (Å²) in [5, 5.41) is 12.3. The monoisotopic (exact) mass is 145 g/mol. The molecule has 1 fully saturated rings. The summed E-state index contributed by atoms with van der Waals surface area (Å²) in [7, 11) is 0. The predicted molar refractivity (Wildman–Crippen MR) is 38.9 cm³/mol. The van der Waals surface area contributed by atoms with Gasteiger partial charge in [0.25, 0.3) is 0 Å². The minimum Gasteiger partial charge on any atom is -0.391 e. The van der Waals surface area contributed by atoms with Crippen LogP contribution in [-0.4, -0.2) is 36.5 Å². The second kappa shape index (κ2) is 3.32. The van der Waals surface area contributed by atoms with Crippen LogP contribution in [-0.2, 0) is 4.74 Å². The van der Waals surface area contributed by atoms with E-state index < -0.39 is 0 Å². The maximum absolute atomic E-state index is 9.13. The van der Waals surface area contributed by atoms with Crippen molar-refractivity contribution in [1.82, 2.24) is 5.32 Å². The molecule has 0 aromatic rings. The van der Waals surface area contributed by atoms with Crippen LogP contribution >= 0.6 is 0 Å². The van der Waals surface area contributed by atoms with E-state index >= 15 is 0 Å². The quantitative estimate of drug-likeness (QED) is 0.534. The van der Waals surface area contributed by atoms with E-state index in [4.69, 9.17) is 9.84 Å². The zero-order valence-electron chi connectivity index (χ0n) is 6.50. The van der Waals surface area contributed by atoms with Crippen LogP contribution in [0.15, 0.2) is 0 Å². The van der Waals surface area contributed by atoms with Gasteiger partial charge in [0.1, 0.15) is 0 Å². The van der Waals surface area contributed by atoms with Crippen molar-refractivity contribution >= 4 is 0 Å². The van der Waals surface area contributed by atoms with Crippen LogP contribution < -0.4 is 5.32 Å². The Kier molecular flexibility index (Phi) is 2.65. The van der Waals surface area contributed by atoms with Crippen molar-refractivity contribution < 1.29 is 9.84 Å². The Morgan fingerprint density at radius 3 is 2.70 bits per heavy atom. The number of morpholine rings is 1. The summed E-state index contributed by atoms with van der Waals surface area (Å²) < 4.78 is 5.44. The van der Waals surface area contributed by atoms with E-state index in [9.17, 15) is 0 Å². The zero-order chi connectivity index (χ0) is 7.56. The summed E-state index contributed by atoms with van der Waals surface area (Å²) in [4.78, 5) is 0. The third kappa shape index (κ3) is 1.94. The molecular weight excluding hydrogens is 130 g/mol. The molecule has 1 heterocycles. The van der Waals surface area contributed by atoms with Crippen LogP contribution in [0.2, 0.25) is 0 Å². The molecule has 1 saturated heterocycles. The van der Waals surface area contributed by atoms with Gasteiger partial charge in [-0.1, -0.05) is 0 Å². The molecule has 60 valence electrons. The predicted octanol–water partition coefficient (Wildman–Crippen LogP) is -0.256. The van der Waals surface area contributed by atoms with Crippen molar-refractivity contribution in [2.45, 2.75) is 32.2 Å². The van der Waals surface area contributed by atoms with E-state index in [1.54, 1.807) is 6.92 Å². The molecule has 1 aliphatic heterocycles. The molecule has 0 bridgehead atoms. The first-order valence-electron chi connectivity index (χ1n) is 3.74. The minimum atomic E-state index is -0.366. The topological polar surface area (TPSA) is 41.5 Å². The Balaban J connectivity index is 2.32. The Morgan fingerprint density at radius 2 is 2.30 bits per heavy atom. The number of aliphatic hydroxyl groups excluding tert-OH is 1. The summed E-state index contributed by atoms with van der Waals surface area (Å²) in [6.45, 7) is 5.41. The highest BCUT2D eigenvalue weighted by Crippen LogP contribution is 2.06. The number of rotatable bonds is 1. The molecule has 3 nitrogen and oxygen atoms in total. The number of nitrogens with one attached hydrogen (secondary N) is 1. The molecule has 1 unspecified atom stereocenters. The van der Waals surface area contributed by atoms with Crippen molar-refractivity contribution in [3.8, 4) is 0 Å². The van der Waals surface area contributed by atoms with Gasteiger partial charge in [-0.05, 0) is 13.8 Å². The van der Waals surface area contributed by atoms with Gasteiger partial charge in [0.15, 0.2) is 0 Å². The van der Waals surface area contributed by atoms with Crippen molar-refractivity contribution in [1.29, 1.82) is 0 Å². The summed E-state index contributed by atoms with van der Waals surface area (Å²) in [5.74, 6) is 0. The summed E-state index contributed by atoms with van der Waals surface area (Å²) >= 11 is 0. The van der Waals surface area contributed by atoms with Gasteiger partial charge in [0.2, 0.25) is 0 Å². The summed E-state index contributed by atoms with van der Waals surface area (Å²) in [6, 6.07) is 0. The van der Waals surface area contributed by atoms with Crippen LogP contribution in [0.3, 0.4) is 0 Å². The Hall–Kier alpha value is -0.120. The maximum atomic E-state index is 9.13. The van der Waals surface area contributed by atoms with Crippen molar-refractivity contribution in [2.24, 2.45) is 0 Å². The molecular formula is C7H15NO2. The second-order valence-corrected chi connectivity index (χ2v) is 2.88. The molecule has 1 rings (SSSR count). The molecule has 1 aliphatic rings. The number of ether oxygens (including phenoxy) is 1. The highest BCUT2D eigenvalue weighted by molar-refractivity contribution is 4.75. The van der Waals surface area contributed by atoms with Crippen LogP contribution in [0.1, 0.15) is 13.8 Å². The van der Waals surface area contributed by atoms with E-state index in [2.05, 4.69) is 5.32 Å². The van der Waals surface area contributed by atoms with Gasteiger partial charge < -0.3 is 15.2 Å².